The molecule has 3 nitrogen and oxygen atoms in total. The van der Waals surface area contributed by atoms with Crippen LogP contribution in [0.5, 0.6) is 0 Å². The monoisotopic (exact) mass is 243 g/mol. The van der Waals surface area contributed by atoms with Crippen molar-refractivity contribution in [2.75, 3.05) is 6.54 Å². The van der Waals surface area contributed by atoms with Gasteiger partial charge in [-0.15, -0.1) is 0 Å². The molecule has 1 heterocycles. The fraction of sp³-hybridized carbons (Fsp3) is 0.400. The molecule has 0 aliphatic heterocycles. The van der Waals surface area contributed by atoms with Gasteiger partial charge in [0, 0.05) is 24.3 Å². The third-order valence-electron chi connectivity index (χ3n) is 3.28. The molecule has 0 atom stereocenters. The first-order valence-electron chi connectivity index (χ1n) is 6.59. The maximum Gasteiger partial charge on any atom is 0.0571 e. The highest BCUT2D eigenvalue weighted by molar-refractivity contribution is 5.68. The number of nitrogens with zero attached hydrogens (tertiary/aromatic N) is 2. The minimum absolute atomic E-state index is 0.906. The summed E-state index contributed by atoms with van der Waals surface area (Å²) in [4.78, 5) is 0. The van der Waals surface area contributed by atoms with Crippen molar-refractivity contribution in [3.63, 3.8) is 0 Å². The van der Waals surface area contributed by atoms with Crippen molar-refractivity contribution < 1.29 is 0 Å². The molecule has 2 aromatic rings. The highest BCUT2D eigenvalue weighted by Crippen LogP contribution is 2.26. The van der Waals surface area contributed by atoms with E-state index in [0.29, 0.717) is 0 Å². The predicted octanol–water partition coefficient (Wildman–Crippen LogP) is 2.99. The molecule has 0 aliphatic carbocycles. The van der Waals surface area contributed by atoms with E-state index < -0.39 is 0 Å². The van der Waals surface area contributed by atoms with E-state index in [1.54, 1.807) is 0 Å². The van der Waals surface area contributed by atoms with Crippen molar-refractivity contribution in [3.05, 3.63) is 41.7 Å². The molecular formula is C15H21N3. The molecule has 0 saturated carbocycles. The molecule has 1 aromatic heterocycles. The normalized spacial score (nSPS) is 10.8. The molecular weight excluding hydrogens is 222 g/mol. The van der Waals surface area contributed by atoms with E-state index in [4.69, 9.17) is 0 Å². The molecule has 0 aliphatic rings. The minimum atomic E-state index is 0.906. The predicted molar refractivity (Wildman–Crippen MR) is 75.5 cm³/mol. The summed E-state index contributed by atoms with van der Waals surface area (Å²) in [5, 5.41) is 7.82. The summed E-state index contributed by atoms with van der Waals surface area (Å²) in [6.45, 7) is 9.19. The Bertz CT molecular complexity index is 514. The zero-order valence-corrected chi connectivity index (χ0v) is 11.4. The minimum Gasteiger partial charge on any atom is -0.313 e. The Morgan fingerprint density at radius 2 is 1.94 bits per heavy atom. The van der Waals surface area contributed by atoms with Crippen LogP contribution in [0, 0.1) is 6.92 Å². The van der Waals surface area contributed by atoms with Crippen LogP contribution in [-0.2, 0) is 13.1 Å². The first-order chi connectivity index (χ1) is 8.77. The summed E-state index contributed by atoms with van der Waals surface area (Å²) in [5.41, 5.74) is 5.10. The Morgan fingerprint density at radius 3 is 2.61 bits per heavy atom. The van der Waals surface area contributed by atoms with Crippen LogP contribution in [-0.4, -0.2) is 16.3 Å². The molecule has 2 rings (SSSR count). The quantitative estimate of drug-likeness (QED) is 0.875. The molecule has 0 fully saturated rings. The van der Waals surface area contributed by atoms with Crippen molar-refractivity contribution >= 4 is 0 Å². The molecule has 18 heavy (non-hydrogen) atoms. The number of hydrogen-bond donors (Lipinski definition) is 1. The third kappa shape index (κ3) is 2.46. The van der Waals surface area contributed by atoms with Crippen LogP contribution in [0.15, 0.2) is 30.5 Å². The zero-order chi connectivity index (χ0) is 13.0. The SMILES string of the molecule is CCNCc1ccccc1-c1cnn(CC)c1C. The van der Waals surface area contributed by atoms with Gasteiger partial charge in [-0.25, -0.2) is 0 Å². The number of nitrogens with one attached hydrogen (secondary N) is 1. The van der Waals surface area contributed by atoms with Crippen molar-refractivity contribution in [1.82, 2.24) is 15.1 Å². The maximum absolute atomic E-state index is 4.43. The van der Waals surface area contributed by atoms with E-state index >= 15 is 0 Å². The average Bonchev–Trinajstić information content (AvgIpc) is 2.77. The Balaban J connectivity index is 2.40. The van der Waals surface area contributed by atoms with Gasteiger partial charge in [0.1, 0.15) is 0 Å². The summed E-state index contributed by atoms with van der Waals surface area (Å²) in [6, 6.07) is 8.54. The van der Waals surface area contributed by atoms with Gasteiger partial charge in [0.15, 0.2) is 0 Å². The van der Waals surface area contributed by atoms with Crippen LogP contribution in [0.25, 0.3) is 11.1 Å². The Hall–Kier alpha value is -1.61. The topological polar surface area (TPSA) is 29.9 Å². The van der Waals surface area contributed by atoms with Crippen molar-refractivity contribution in [1.29, 1.82) is 0 Å². The second-order valence-electron chi connectivity index (χ2n) is 4.40. The maximum atomic E-state index is 4.43. The van der Waals surface area contributed by atoms with Crippen molar-refractivity contribution in [2.45, 2.75) is 33.9 Å². The molecule has 1 N–H and O–H groups in total. The van der Waals surface area contributed by atoms with Crippen LogP contribution in [0.1, 0.15) is 25.1 Å². The van der Waals surface area contributed by atoms with E-state index in [9.17, 15) is 0 Å². The summed E-state index contributed by atoms with van der Waals surface area (Å²) in [5.74, 6) is 0. The number of aryl methyl sites for hydroxylation is 1. The van der Waals surface area contributed by atoms with E-state index in [1.807, 2.05) is 10.9 Å². The van der Waals surface area contributed by atoms with Crippen molar-refractivity contribution in [3.8, 4) is 11.1 Å². The van der Waals surface area contributed by atoms with Crippen LogP contribution >= 0.6 is 0 Å². The second kappa shape index (κ2) is 5.83. The first-order valence-corrected chi connectivity index (χ1v) is 6.59. The highest BCUT2D eigenvalue weighted by Gasteiger charge is 2.10. The van der Waals surface area contributed by atoms with Crippen LogP contribution in [0.4, 0.5) is 0 Å². The molecule has 0 unspecified atom stereocenters. The number of hydrogen-bond acceptors (Lipinski definition) is 2. The lowest BCUT2D eigenvalue weighted by atomic mass is 10.0. The Labute approximate surface area is 109 Å². The van der Waals surface area contributed by atoms with Crippen LogP contribution in [0.3, 0.4) is 0 Å². The summed E-state index contributed by atoms with van der Waals surface area (Å²) in [6.07, 6.45) is 1.98. The summed E-state index contributed by atoms with van der Waals surface area (Å²) >= 11 is 0. The molecule has 0 amide bonds. The molecule has 3 heteroatoms. The zero-order valence-electron chi connectivity index (χ0n) is 11.4. The molecule has 96 valence electrons. The molecule has 0 spiro atoms. The van der Waals surface area contributed by atoms with Gasteiger partial charge in [0.05, 0.1) is 6.20 Å². The fourth-order valence-electron chi connectivity index (χ4n) is 2.23. The smallest absolute Gasteiger partial charge is 0.0571 e. The van der Waals surface area contributed by atoms with E-state index in [0.717, 1.165) is 19.6 Å². The average molecular weight is 243 g/mol. The lowest BCUT2D eigenvalue weighted by Crippen LogP contribution is -2.12. The molecule has 0 saturated heterocycles. The molecule has 0 radical (unpaired) electrons. The van der Waals surface area contributed by atoms with E-state index in [-0.39, 0.29) is 0 Å². The third-order valence-corrected chi connectivity index (χ3v) is 3.28. The summed E-state index contributed by atoms with van der Waals surface area (Å²) in [7, 11) is 0. The fourth-order valence-corrected chi connectivity index (χ4v) is 2.23. The van der Waals surface area contributed by atoms with E-state index in [1.165, 1.54) is 22.4 Å². The summed E-state index contributed by atoms with van der Waals surface area (Å²) < 4.78 is 2.04. The molecule has 1 aromatic carbocycles. The van der Waals surface area contributed by atoms with Gasteiger partial charge in [-0.3, -0.25) is 4.68 Å². The lowest BCUT2D eigenvalue weighted by Gasteiger charge is -2.10. The standard InChI is InChI=1S/C15H21N3/c1-4-16-10-13-8-6-7-9-14(13)15-11-17-18(5-2)12(15)3/h6-9,11,16H,4-5,10H2,1-3H3. The highest BCUT2D eigenvalue weighted by atomic mass is 15.3. The van der Waals surface area contributed by atoms with Gasteiger partial charge in [-0.2, -0.15) is 5.10 Å². The number of benzene rings is 1. The Morgan fingerprint density at radius 1 is 1.17 bits per heavy atom. The molecule has 0 bridgehead atoms. The van der Waals surface area contributed by atoms with Gasteiger partial charge in [-0.05, 0) is 31.5 Å². The van der Waals surface area contributed by atoms with Gasteiger partial charge < -0.3 is 5.32 Å². The van der Waals surface area contributed by atoms with Gasteiger partial charge >= 0.3 is 0 Å². The van der Waals surface area contributed by atoms with E-state index in [2.05, 4.69) is 55.5 Å². The Kier molecular flexibility index (Phi) is 4.15. The number of aromatic nitrogens is 2. The van der Waals surface area contributed by atoms with Crippen LogP contribution < -0.4 is 5.32 Å². The second-order valence-corrected chi connectivity index (χ2v) is 4.40. The van der Waals surface area contributed by atoms with Crippen molar-refractivity contribution in [2.24, 2.45) is 0 Å². The first kappa shape index (κ1) is 12.8. The van der Waals surface area contributed by atoms with Gasteiger partial charge in [0.2, 0.25) is 0 Å². The van der Waals surface area contributed by atoms with Crippen LogP contribution in [0.2, 0.25) is 0 Å². The van der Waals surface area contributed by atoms with Gasteiger partial charge in [-0.1, -0.05) is 31.2 Å². The lowest BCUT2D eigenvalue weighted by molar-refractivity contribution is 0.640. The largest absolute Gasteiger partial charge is 0.313 e. The number of rotatable bonds is 5. The van der Waals surface area contributed by atoms with Gasteiger partial charge in [0.25, 0.3) is 0 Å².